The van der Waals surface area contributed by atoms with Gasteiger partial charge in [-0.1, -0.05) is 0 Å². The van der Waals surface area contributed by atoms with Crippen LogP contribution in [0.2, 0.25) is 0 Å². The summed E-state index contributed by atoms with van der Waals surface area (Å²) in [5.74, 6) is 3.58. The number of para-hydroxylation sites is 4. The van der Waals surface area contributed by atoms with Crippen LogP contribution in [-0.4, -0.2) is 46.7 Å². The third-order valence-electron chi connectivity index (χ3n) is 6.11. The minimum absolute atomic E-state index is 0.577. The summed E-state index contributed by atoms with van der Waals surface area (Å²) in [7, 11) is 0. The summed E-state index contributed by atoms with van der Waals surface area (Å²) < 4.78 is 30.2. The van der Waals surface area contributed by atoms with Crippen molar-refractivity contribution in [3.05, 3.63) is 97.1 Å². The van der Waals surface area contributed by atoms with Gasteiger partial charge in [0, 0.05) is 0 Å². The molecule has 0 heterocycles. The summed E-state index contributed by atoms with van der Waals surface area (Å²) in [6.07, 6.45) is 0. The number of hydrogen-bond donors (Lipinski definition) is 0. The zero-order valence-electron chi connectivity index (χ0n) is 22.1. The molecule has 1 radical (unpaired) electrons. The monoisotopic (exact) mass is 693 g/mol. The molecule has 37 heavy (non-hydrogen) atoms. The molecule has 5 heteroatoms. The zero-order chi connectivity index (χ0) is 26.1. The summed E-state index contributed by atoms with van der Waals surface area (Å²) in [4.78, 5) is 0. The fourth-order valence-corrected chi connectivity index (χ4v) is 23.0. The van der Waals surface area contributed by atoms with Crippen molar-refractivity contribution < 1.29 is 18.9 Å². The number of ether oxygens (including phenoxy) is 4. The van der Waals surface area contributed by atoms with Gasteiger partial charge in [-0.2, -0.15) is 0 Å². The van der Waals surface area contributed by atoms with Gasteiger partial charge >= 0.3 is 226 Å². The van der Waals surface area contributed by atoms with Gasteiger partial charge < -0.3 is 0 Å². The van der Waals surface area contributed by atoms with Crippen molar-refractivity contribution in [2.24, 2.45) is 0 Å². The van der Waals surface area contributed by atoms with Crippen LogP contribution < -0.4 is 32.0 Å². The van der Waals surface area contributed by atoms with E-state index < -0.39 is 20.3 Å². The van der Waals surface area contributed by atoms with Crippen LogP contribution in [0.3, 0.4) is 0 Å². The molecule has 4 rings (SSSR count). The van der Waals surface area contributed by atoms with Crippen LogP contribution in [0.4, 0.5) is 0 Å². The first-order valence-electron chi connectivity index (χ1n) is 13.0. The number of hydrogen-bond acceptors (Lipinski definition) is 4. The van der Waals surface area contributed by atoms with Crippen molar-refractivity contribution >= 4 is 33.4 Å². The topological polar surface area (TPSA) is 36.9 Å². The Morgan fingerprint density at radius 2 is 0.595 bits per heavy atom. The molecule has 0 aliphatic carbocycles. The van der Waals surface area contributed by atoms with E-state index in [1.54, 1.807) is 0 Å². The molecule has 0 aliphatic heterocycles. The quantitative estimate of drug-likeness (QED) is 0.203. The van der Waals surface area contributed by atoms with E-state index in [0.29, 0.717) is 26.4 Å². The van der Waals surface area contributed by atoms with Crippen molar-refractivity contribution in [1.82, 2.24) is 0 Å². The molecule has 0 saturated carbocycles. The molecule has 193 valence electrons. The average Bonchev–Trinajstić information content (AvgIpc) is 2.93. The van der Waals surface area contributed by atoms with E-state index in [4.69, 9.17) is 18.9 Å². The second kappa shape index (κ2) is 13.0. The molecule has 0 aromatic heterocycles. The molecule has 4 nitrogen and oxygen atoms in total. The van der Waals surface area contributed by atoms with Crippen molar-refractivity contribution in [2.75, 3.05) is 26.4 Å². The van der Waals surface area contributed by atoms with Crippen LogP contribution in [0, 0.1) is 0 Å². The maximum atomic E-state index is 6.34. The first-order chi connectivity index (χ1) is 18.2. The second-order valence-electron chi connectivity index (χ2n) is 8.27. The van der Waals surface area contributed by atoms with Gasteiger partial charge in [-0.05, 0) is 0 Å². The molecular weight excluding hydrogens is 657 g/mol. The SMILES string of the molecule is CCOc1cccc[c]1[Bi]([c]1ccccc1OCC)([c]1ccccc1OCC)[c]1ccccc1OCC. The van der Waals surface area contributed by atoms with Gasteiger partial charge in [0.25, 0.3) is 0 Å². The summed E-state index contributed by atoms with van der Waals surface area (Å²) in [5.41, 5.74) is 0. The molecule has 4 aromatic rings. The average molecular weight is 694 g/mol. The van der Waals surface area contributed by atoms with Gasteiger partial charge in [-0.15, -0.1) is 0 Å². The molecule has 4 aromatic carbocycles. The number of rotatable bonds is 12. The Morgan fingerprint density at radius 1 is 0.378 bits per heavy atom. The molecular formula is C32H36BiO4. The molecule has 0 atom stereocenters. The Kier molecular flexibility index (Phi) is 9.47. The molecule has 0 spiro atoms. The minimum atomic E-state index is -4.37. The normalized spacial score (nSPS) is 11.1. The van der Waals surface area contributed by atoms with E-state index >= 15 is 0 Å². The fourth-order valence-electron chi connectivity index (χ4n) is 4.83. The van der Waals surface area contributed by atoms with Crippen LogP contribution in [0.15, 0.2) is 97.1 Å². The molecule has 0 amide bonds. The third kappa shape index (κ3) is 5.34. The van der Waals surface area contributed by atoms with Crippen LogP contribution >= 0.6 is 0 Å². The van der Waals surface area contributed by atoms with Gasteiger partial charge in [0.15, 0.2) is 0 Å². The molecule has 0 unspecified atom stereocenters. The zero-order valence-corrected chi connectivity index (χ0v) is 25.6. The Balaban J connectivity index is 2.27. The Bertz CT molecular complexity index is 1100. The maximum absolute atomic E-state index is 6.34. The van der Waals surface area contributed by atoms with Crippen molar-refractivity contribution in [3.8, 4) is 23.0 Å². The Hall–Kier alpha value is -3.04. The summed E-state index contributed by atoms with van der Waals surface area (Å²) >= 11 is -4.37. The van der Waals surface area contributed by atoms with Gasteiger partial charge in [-0.3, -0.25) is 0 Å². The van der Waals surface area contributed by atoms with Crippen molar-refractivity contribution in [3.63, 3.8) is 0 Å². The van der Waals surface area contributed by atoms with Crippen molar-refractivity contribution in [1.29, 1.82) is 0 Å². The van der Waals surface area contributed by atoms with E-state index in [1.807, 2.05) is 52.0 Å². The summed E-state index contributed by atoms with van der Waals surface area (Å²) in [6, 6.07) is 33.9. The summed E-state index contributed by atoms with van der Waals surface area (Å²) in [6.45, 7) is 10.4. The first kappa shape index (κ1) is 27.0. The van der Waals surface area contributed by atoms with Crippen LogP contribution in [-0.2, 0) is 0 Å². The van der Waals surface area contributed by atoms with E-state index in [2.05, 4.69) is 72.8 Å². The Labute approximate surface area is 225 Å². The van der Waals surface area contributed by atoms with E-state index in [0.717, 1.165) is 23.0 Å². The van der Waals surface area contributed by atoms with Gasteiger partial charge in [0.2, 0.25) is 0 Å². The van der Waals surface area contributed by atoms with Gasteiger partial charge in [0.1, 0.15) is 0 Å². The predicted molar refractivity (Wildman–Crippen MR) is 155 cm³/mol. The van der Waals surface area contributed by atoms with E-state index in [-0.39, 0.29) is 0 Å². The Morgan fingerprint density at radius 3 is 0.811 bits per heavy atom. The molecule has 0 fully saturated rings. The number of benzene rings is 4. The standard InChI is InChI=1S/4C8H9O.Bi/c4*1-2-9-8-6-4-3-5-7-8;/h4*3-6H,2H2,1H3;. The van der Waals surface area contributed by atoms with Gasteiger partial charge in [-0.25, -0.2) is 0 Å². The van der Waals surface area contributed by atoms with Crippen LogP contribution in [0.1, 0.15) is 27.7 Å². The first-order valence-corrected chi connectivity index (χ1v) is 20.0. The fraction of sp³-hybridized carbons (Fsp3) is 0.250. The van der Waals surface area contributed by atoms with Crippen molar-refractivity contribution in [2.45, 2.75) is 27.7 Å². The summed E-state index contributed by atoms with van der Waals surface area (Å²) in [5, 5.41) is 0. The molecule has 0 N–H and O–H groups in total. The molecule has 0 bridgehead atoms. The predicted octanol–water partition coefficient (Wildman–Crippen LogP) is 4.66. The van der Waals surface area contributed by atoms with Gasteiger partial charge in [0.05, 0.1) is 0 Å². The molecule has 0 aliphatic rings. The second-order valence-corrected chi connectivity index (χ2v) is 21.0. The van der Waals surface area contributed by atoms with E-state index in [9.17, 15) is 0 Å². The van der Waals surface area contributed by atoms with Crippen LogP contribution in [0.25, 0.3) is 0 Å². The molecule has 0 saturated heterocycles. The van der Waals surface area contributed by atoms with E-state index in [1.165, 1.54) is 13.1 Å². The van der Waals surface area contributed by atoms with Crippen LogP contribution in [0.5, 0.6) is 23.0 Å². The third-order valence-corrected chi connectivity index (χ3v) is 23.1.